The molecule has 67 heavy (non-hydrogen) atoms. The van der Waals surface area contributed by atoms with Gasteiger partial charge in [0.1, 0.15) is 11.2 Å². The summed E-state index contributed by atoms with van der Waals surface area (Å²) in [7, 11) is 0. The zero-order chi connectivity index (χ0) is 44.3. The Morgan fingerprint density at radius 3 is 1.64 bits per heavy atom. The minimum Gasteiger partial charge on any atom is -0.455 e. The van der Waals surface area contributed by atoms with Crippen LogP contribution in [0.3, 0.4) is 0 Å². The zero-order valence-electron chi connectivity index (χ0n) is 36.6. The van der Waals surface area contributed by atoms with Crippen LogP contribution < -0.4 is 4.90 Å². The summed E-state index contributed by atoms with van der Waals surface area (Å²) in [4.78, 5) is 2.40. The number of benzene rings is 11. The molecule has 13 aromatic rings. The van der Waals surface area contributed by atoms with Crippen LogP contribution in [-0.2, 0) is 0 Å². The van der Waals surface area contributed by atoms with Crippen molar-refractivity contribution in [1.29, 1.82) is 0 Å². The topological polar surface area (TPSA) is 21.3 Å². The molecule has 0 atom stereocenters. The lowest BCUT2D eigenvalue weighted by Gasteiger charge is -2.28. The van der Waals surface area contributed by atoms with Crippen molar-refractivity contribution in [3.05, 3.63) is 255 Å². The van der Waals surface area contributed by atoms with Crippen molar-refractivity contribution in [2.75, 3.05) is 4.90 Å². The maximum absolute atomic E-state index is 6.97. The molecule has 0 radical (unpaired) electrons. The van der Waals surface area contributed by atoms with E-state index in [1.165, 1.54) is 44.1 Å². The molecule has 314 valence electrons. The SMILES string of the molecule is c1ccc(-c2ccc(-c3ccc(N(c4cccc(-n5c6ccccc6c6ccccc65)c4)c4ccccc4-c4cccc5c4oc4c6ccccc6ccc54)cc3)cc2-c2ccccc2)cc1. The van der Waals surface area contributed by atoms with E-state index in [2.05, 4.69) is 264 Å². The lowest BCUT2D eigenvalue weighted by molar-refractivity contribution is 0.674. The van der Waals surface area contributed by atoms with E-state index in [0.29, 0.717) is 0 Å². The molecule has 0 aliphatic heterocycles. The first-order valence-corrected chi connectivity index (χ1v) is 22.9. The second kappa shape index (κ2) is 16.0. The number of anilines is 3. The molecule has 2 heterocycles. The molecule has 0 aliphatic rings. The van der Waals surface area contributed by atoms with Crippen molar-refractivity contribution < 1.29 is 4.42 Å². The molecule has 0 N–H and O–H groups in total. The second-order valence-corrected chi connectivity index (χ2v) is 17.2. The number of furan rings is 1. The van der Waals surface area contributed by atoms with Gasteiger partial charge in [0, 0.05) is 55.1 Å². The van der Waals surface area contributed by atoms with E-state index in [-0.39, 0.29) is 0 Å². The number of aromatic nitrogens is 1. The number of rotatable bonds is 8. The van der Waals surface area contributed by atoms with E-state index in [1.807, 2.05) is 0 Å². The van der Waals surface area contributed by atoms with Gasteiger partial charge in [0.25, 0.3) is 0 Å². The third kappa shape index (κ3) is 6.51. The third-order valence-corrected chi connectivity index (χ3v) is 13.4. The van der Waals surface area contributed by atoms with Gasteiger partial charge in [-0.15, -0.1) is 0 Å². The average Bonchev–Trinajstić information content (AvgIpc) is 3.96. The van der Waals surface area contributed by atoms with Gasteiger partial charge < -0.3 is 13.9 Å². The number of hydrogen-bond donors (Lipinski definition) is 0. The second-order valence-electron chi connectivity index (χ2n) is 17.2. The third-order valence-electron chi connectivity index (χ3n) is 13.4. The van der Waals surface area contributed by atoms with Crippen molar-refractivity contribution in [2.45, 2.75) is 0 Å². The summed E-state index contributed by atoms with van der Waals surface area (Å²) >= 11 is 0. The minimum atomic E-state index is 0.879. The van der Waals surface area contributed by atoms with E-state index in [9.17, 15) is 0 Å². The Bertz CT molecular complexity index is 3920. The Morgan fingerprint density at radius 2 is 0.881 bits per heavy atom. The van der Waals surface area contributed by atoms with Gasteiger partial charge in [-0.2, -0.15) is 0 Å². The van der Waals surface area contributed by atoms with Crippen LogP contribution in [0.5, 0.6) is 0 Å². The van der Waals surface area contributed by atoms with E-state index in [1.54, 1.807) is 0 Å². The summed E-state index contributed by atoms with van der Waals surface area (Å²) < 4.78 is 9.36. The maximum Gasteiger partial charge on any atom is 0.143 e. The van der Waals surface area contributed by atoms with E-state index in [4.69, 9.17) is 4.42 Å². The maximum atomic E-state index is 6.97. The molecule has 2 aromatic heterocycles. The first kappa shape index (κ1) is 38.5. The van der Waals surface area contributed by atoms with Crippen LogP contribution in [0.15, 0.2) is 259 Å². The molecule has 0 saturated carbocycles. The van der Waals surface area contributed by atoms with Crippen molar-refractivity contribution in [3.63, 3.8) is 0 Å². The van der Waals surface area contributed by atoms with Gasteiger partial charge >= 0.3 is 0 Å². The molecule has 0 spiro atoms. The van der Waals surface area contributed by atoms with Crippen molar-refractivity contribution in [1.82, 2.24) is 4.57 Å². The van der Waals surface area contributed by atoms with Gasteiger partial charge in [0.2, 0.25) is 0 Å². The Labute approximate surface area is 388 Å². The quantitative estimate of drug-likeness (QED) is 0.152. The number of nitrogens with zero attached hydrogens (tertiary/aromatic N) is 2. The summed E-state index contributed by atoms with van der Waals surface area (Å²) in [5.41, 5.74) is 17.6. The van der Waals surface area contributed by atoms with Gasteiger partial charge in [-0.3, -0.25) is 0 Å². The molecular weight excluding hydrogens is 813 g/mol. The predicted octanol–water partition coefficient (Wildman–Crippen LogP) is 18.0. The van der Waals surface area contributed by atoms with E-state index < -0.39 is 0 Å². The largest absolute Gasteiger partial charge is 0.455 e. The van der Waals surface area contributed by atoms with Crippen molar-refractivity contribution >= 4 is 71.6 Å². The predicted molar refractivity (Wildman–Crippen MR) is 282 cm³/mol. The lowest BCUT2D eigenvalue weighted by atomic mass is 9.91. The van der Waals surface area contributed by atoms with Crippen LogP contribution in [0.4, 0.5) is 17.1 Å². The molecule has 0 fully saturated rings. The fraction of sp³-hybridized carbons (Fsp3) is 0. The Morgan fingerprint density at radius 1 is 0.299 bits per heavy atom. The molecule has 0 unspecified atom stereocenters. The van der Waals surface area contributed by atoms with Gasteiger partial charge in [0.15, 0.2) is 0 Å². The Balaban J connectivity index is 0.994. The summed E-state index contributed by atoms with van der Waals surface area (Å²) in [6.45, 7) is 0. The standard InChI is InChI=1S/C64H42N2O/c1-3-17-44(18-4-1)51-39-36-47(41-59(51)45-19-5-2-6-20-45)43-33-37-48(38-34-43)65(49-22-15-23-50(42-49)66-61-31-13-9-25-53(61)54-26-10-14-32-62(54)66)60-30-12-11-27-55(60)56-28-16-29-57-58-40-35-46-21-7-8-24-52(46)63(58)67-64(56)57/h1-42H. The Hall–Kier alpha value is -8.92. The summed E-state index contributed by atoms with van der Waals surface area (Å²) in [6.07, 6.45) is 0. The average molecular weight is 855 g/mol. The fourth-order valence-electron chi connectivity index (χ4n) is 10.3. The van der Waals surface area contributed by atoms with Gasteiger partial charge in [-0.1, -0.05) is 194 Å². The highest BCUT2D eigenvalue weighted by Gasteiger charge is 2.22. The normalized spacial score (nSPS) is 11.6. The van der Waals surface area contributed by atoms with Crippen LogP contribution >= 0.6 is 0 Å². The molecule has 3 nitrogen and oxygen atoms in total. The minimum absolute atomic E-state index is 0.879. The van der Waals surface area contributed by atoms with Crippen LogP contribution in [0, 0.1) is 0 Å². The molecule has 0 aliphatic carbocycles. The van der Waals surface area contributed by atoms with E-state index >= 15 is 0 Å². The Kier molecular flexibility index (Phi) is 9.17. The van der Waals surface area contributed by atoms with Crippen LogP contribution in [-0.4, -0.2) is 4.57 Å². The van der Waals surface area contributed by atoms with Crippen LogP contribution in [0.2, 0.25) is 0 Å². The molecule has 11 aromatic carbocycles. The highest BCUT2D eigenvalue weighted by molar-refractivity contribution is 6.18. The van der Waals surface area contributed by atoms with Crippen LogP contribution in [0.25, 0.3) is 105 Å². The van der Waals surface area contributed by atoms with Crippen LogP contribution in [0.1, 0.15) is 0 Å². The van der Waals surface area contributed by atoms with Gasteiger partial charge in [-0.25, -0.2) is 0 Å². The first-order chi connectivity index (χ1) is 33.2. The fourth-order valence-corrected chi connectivity index (χ4v) is 10.3. The summed E-state index contributed by atoms with van der Waals surface area (Å²) in [6, 6.07) is 91.8. The molecule has 0 saturated heterocycles. The number of hydrogen-bond acceptors (Lipinski definition) is 2. The monoisotopic (exact) mass is 854 g/mol. The molecule has 0 bridgehead atoms. The van der Waals surface area contributed by atoms with E-state index in [0.717, 1.165) is 77.7 Å². The highest BCUT2D eigenvalue weighted by Crippen LogP contribution is 2.46. The van der Waals surface area contributed by atoms with Gasteiger partial charge in [-0.05, 0) is 99.4 Å². The highest BCUT2D eigenvalue weighted by atomic mass is 16.3. The molecule has 13 rings (SSSR count). The molecule has 3 heteroatoms. The smallest absolute Gasteiger partial charge is 0.143 e. The summed E-state index contributed by atoms with van der Waals surface area (Å²) in [5.74, 6) is 0. The lowest BCUT2D eigenvalue weighted by Crippen LogP contribution is -2.12. The number of fused-ring (bicyclic) bond motifs is 8. The number of para-hydroxylation sites is 4. The summed E-state index contributed by atoms with van der Waals surface area (Å²) in [5, 5.41) is 6.97. The molecule has 0 amide bonds. The zero-order valence-corrected chi connectivity index (χ0v) is 36.6. The van der Waals surface area contributed by atoms with Gasteiger partial charge in [0.05, 0.1) is 16.7 Å². The van der Waals surface area contributed by atoms with Crippen molar-refractivity contribution in [2.24, 2.45) is 0 Å². The first-order valence-electron chi connectivity index (χ1n) is 22.9. The molecular formula is C64H42N2O. The van der Waals surface area contributed by atoms with Crippen molar-refractivity contribution in [3.8, 4) is 50.2 Å².